The van der Waals surface area contributed by atoms with Crippen molar-refractivity contribution in [1.29, 1.82) is 0 Å². The van der Waals surface area contributed by atoms with Gasteiger partial charge in [0.05, 0.1) is 25.3 Å². The van der Waals surface area contributed by atoms with E-state index in [-0.39, 0.29) is 26.2 Å². The SMILES string of the molecule is COC(=O)c1sc(NC(=S)Nc2cccc(C(F)(F)F)c2)c(C(=O)OC)c1C. The molecule has 0 aliphatic carbocycles. The maximum Gasteiger partial charge on any atom is 0.416 e. The Kier molecular flexibility index (Phi) is 6.62. The van der Waals surface area contributed by atoms with Crippen LogP contribution in [0.3, 0.4) is 0 Å². The standard InChI is InChI=1S/C17H15F3N2O4S2/c1-8-11(14(23)25-2)13(28-12(8)15(24)26-3)22-16(27)21-10-6-4-5-9(7-10)17(18,19)20/h4-7H,1-3H3,(H2,21,22,27). The van der Waals surface area contributed by atoms with Crippen LogP contribution in [0, 0.1) is 6.92 Å². The largest absolute Gasteiger partial charge is 0.465 e. The fraction of sp³-hybridized carbons (Fsp3) is 0.235. The molecule has 0 amide bonds. The highest BCUT2D eigenvalue weighted by Gasteiger charge is 2.30. The zero-order chi connectivity index (χ0) is 21.1. The number of hydrogen-bond acceptors (Lipinski definition) is 6. The minimum absolute atomic E-state index is 0.0675. The van der Waals surface area contributed by atoms with E-state index < -0.39 is 23.7 Å². The summed E-state index contributed by atoms with van der Waals surface area (Å²) in [4.78, 5) is 24.1. The third-order valence-corrected chi connectivity index (χ3v) is 4.97. The van der Waals surface area contributed by atoms with Crippen LogP contribution in [0.1, 0.15) is 31.2 Å². The molecule has 2 rings (SSSR count). The molecule has 1 aromatic heterocycles. The van der Waals surface area contributed by atoms with Crippen LogP contribution >= 0.6 is 23.6 Å². The second-order valence-electron chi connectivity index (χ2n) is 5.40. The Hall–Kier alpha value is -2.66. The van der Waals surface area contributed by atoms with Gasteiger partial charge in [0.25, 0.3) is 0 Å². The first kappa shape index (κ1) is 21.6. The number of carbonyl (C=O) groups is 2. The molecule has 0 atom stereocenters. The fourth-order valence-corrected chi connectivity index (χ4v) is 3.68. The van der Waals surface area contributed by atoms with Gasteiger partial charge in [0.2, 0.25) is 0 Å². The van der Waals surface area contributed by atoms with E-state index in [0.717, 1.165) is 23.5 Å². The summed E-state index contributed by atoms with van der Waals surface area (Å²) >= 11 is 6.03. The summed E-state index contributed by atoms with van der Waals surface area (Å²) < 4.78 is 47.9. The monoisotopic (exact) mass is 432 g/mol. The second kappa shape index (κ2) is 8.57. The summed E-state index contributed by atoms with van der Waals surface area (Å²) in [7, 11) is 2.38. The van der Waals surface area contributed by atoms with E-state index >= 15 is 0 Å². The normalized spacial score (nSPS) is 10.9. The molecule has 2 N–H and O–H groups in total. The van der Waals surface area contributed by atoms with Gasteiger partial charge in [-0.05, 0) is 42.9 Å². The van der Waals surface area contributed by atoms with Gasteiger partial charge in [0, 0.05) is 5.69 Å². The Balaban J connectivity index is 2.29. The van der Waals surface area contributed by atoms with Crippen molar-refractivity contribution in [2.24, 2.45) is 0 Å². The zero-order valence-corrected chi connectivity index (χ0v) is 16.5. The van der Waals surface area contributed by atoms with Crippen LogP contribution in [0.25, 0.3) is 0 Å². The summed E-state index contributed by atoms with van der Waals surface area (Å²) in [6.07, 6.45) is -4.49. The molecule has 150 valence electrons. The molecule has 0 radical (unpaired) electrons. The Morgan fingerprint density at radius 3 is 2.32 bits per heavy atom. The molecule has 0 aliphatic heterocycles. The van der Waals surface area contributed by atoms with Crippen molar-refractivity contribution in [3.05, 3.63) is 45.8 Å². The van der Waals surface area contributed by atoms with Crippen molar-refractivity contribution in [3.8, 4) is 0 Å². The predicted molar refractivity (Wildman–Crippen MR) is 103 cm³/mol. The van der Waals surface area contributed by atoms with E-state index in [9.17, 15) is 22.8 Å². The molecule has 11 heteroatoms. The van der Waals surface area contributed by atoms with E-state index in [1.165, 1.54) is 26.4 Å². The van der Waals surface area contributed by atoms with Gasteiger partial charge in [-0.2, -0.15) is 13.2 Å². The van der Waals surface area contributed by atoms with Gasteiger partial charge < -0.3 is 20.1 Å². The summed E-state index contributed by atoms with van der Waals surface area (Å²) in [6, 6.07) is 4.47. The lowest BCUT2D eigenvalue weighted by Crippen LogP contribution is -2.20. The van der Waals surface area contributed by atoms with E-state index in [4.69, 9.17) is 17.0 Å². The number of alkyl halides is 3. The molecule has 28 heavy (non-hydrogen) atoms. The fourth-order valence-electron chi connectivity index (χ4n) is 2.28. The summed E-state index contributed by atoms with van der Waals surface area (Å²) in [5.41, 5.74) is -0.307. The van der Waals surface area contributed by atoms with Gasteiger partial charge in [-0.15, -0.1) is 11.3 Å². The smallest absolute Gasteiger partial charge is 0.416 e. The highest BCUT2D eigenvalue weighted by molar-refractivity contribution is 7.80. The molecule has 0 spiro atoms. The molecule has 2 aromatic rings. The van der Waals surface area contributed by atoms with Crippen molar-refractivity contribution in [2.75, 3.05) is 24.9 Å². The lowest BCUT2D eigenvalue weighted by molar-refractivity contribution is -0.137. The van der Waals surface area contributed by atoms with Crippen LogP contribution in [0.15, 0.2) is 24.3 Å². The van der Waals surface area contributed by atoms with E-state index in [1.54, 1.807) is 6.92 Å². The molecule has 0 unspecified atom stereocenters. The number of methoxy groups -OCH3 is 2. The van der Waals surface area contributed by atoms with Crippen molar-refractivity contribution >= 4 is 51.3 Å². The number of nitrogens with one attached hydrogen (secondary N) is 2. The molecule has 0 saturated heterocycles. The lowest BCUT2D eigenvalue weighted by atomic mass is 10.1. The van der Waals surface area contributed by atoms with Gasteiger partial charge in [0.15, 0.2) is 5.11 Å². The van der Waals surface area contributed by atoms with Gasteiger partial charge in [-0.3, -0.25) is 0 Å². The molecule has 0 aliphatic rings. The molecule has 0 fully saturated rings. The average molecular weight is 432 g/mol. The Labute approximate surface area is 167 Å². The first-order valence-corrected chi connectivity index (χ1v) is 8.86. The summed E-state index contributed by atoms with van der Waals surface area (Å²) in [5.74, 6) is -1.34. The first-order chi connectivity index (χ1) is 13.1. The zero-order valence-electron chi connectivity index (χ0n) is 14.9. The summed E-state index contributed by atoms with van der Waals surface area (Å²) in [5, 5.41) is 5.47. The van der Waals surface area contributed by atoms with Gasteiger partial charge >= 0.3 is 18.1 Å². The minimum atomic E-state index is -4.49. The number of benzene rings is 1. The topological polar surface area (TPSA) is 76.7 Å². The third-order valence-electron chi connectivity index (χ3n) is 3.58. The van der Waals surface area contributed by atoms with Gasteiger partial charge in [0.1, 0.15) is 9.88 Å². The minimum Gasteiger partial charge on any atom is -0.465 e. The molecule has 0 bridgehead atoms. The maximum atomic E-state index is 12.8. The Morgan fingerprint density at radius 1 is 1.11 bits per heavy atom. The van der Waals surface area contributed by atoms with Crippen LogP contribution in [0.2, 0.25) is 0 Å². The number of thiophene rings is 1. The van der Waals surface area contributed by atoms with Crippen LogP contribution < -0.4 is 10.6 Å². The number of ether oxygens (including phenoxy) is 2. The highest BCUT2D eigenvalue weighted by atomic mass is 32.1. The number of halogens is 3. The lowest BCUT2D eigenvalue weighted by Gasteiger charge is -2.12. The van der Waals surface area contributed by atoms with Crippen LogP contribution in [0.5, 0.6) is 0 Å². The molecular formula is C17H15F3N2O4S2. The van der Waals surface area contributed by atoms with Crippen molar-refractivity contribution in [2.45, 2.75) is 13.1 Å². The third kappa shape index (κ3) is 4.78. The van der Waals surface area contributed by atoms with Crippen LogP contribution in [-0.2, 0) is 15.7 Å². The number of carbonyl (C=O) groups excluding carboxylic acids is 2. The Bertz CT molecular complexity index is 926. The number of esters is 2. The van der Waals surface area contributed by atoms with Crippen LogP contribution in [-0.4, -0.2) is 31.3 Å². The molecule has 1 aromatic carbocycles. The van der Waals surface area contributed by atoms with Crippen LogP contribution in [0.4, 0.5) is 23.9 Å². The number of rotatable bonds is 4. The number of hydrogen-bond donors (Lipinski definition) is 2. The van der Waals surface area contributed by atoms with Gasteiger partial charge in [-0.1, -0.05) is 6.07 Å². The molecule has 6 nitrogen and oxygen atoms in total. The van der Waals surface area contributed by atoms with E-state index in [0.29, 0.717) is 5.56 Å². The molecule has 1 heterocycles. The van der Waals surface area contributed by atoms with Gasteiger partial charge in [-0.25, -0.2) is 9.59 Å². The van der Waals surface area contributed by atoms with Crippen molar-refractivity contribution in [1.82, 2.24) is 0 Å². The predicted octanol–water partition coefficient (Wildman–Crippen LogP) is 4.46. The summed E-state index contributed by atoms with van der Waals surface area (Å²) in [6.45, 7) is 1.55. The molecular weight excluding hydrogens is 417 g/mol. The molecule has 0 saturated carbocycles. The quantitative estimate of drug-likeness (QED) is 0.546. The second-order valence-corrected chi connectivity index (χ2v) is 6.83. The first-order valence-electron chi connectivity index (χ1n) is 7.63. The van der Waals surface area contributed by atoms with E-state index in [2.05, 4.69) is 15.4 Å². The number of thiocarbonyl (C=S) groups is 1. The number of anilines is 2. The highest BCUT2D eigenvalue weighted by Crippen LogP contribution is 2.34. The average Bonchev–Trinajstić information content (AvgIpc) is 2.95. The van der Waals surface area contributed by atoms with E-state index in [1.807, 2.05) is 0 Å². The van der Waals surface area contributed by atoms with Crippen molar-refractivity contribution in [3.63, 3.8) is 0 Å². The Morgan fingerprint density at radius 2 is 1.75 bits per heavy atom. The van der Waals surface area contributed by atoms with Crippen molar-refractivity contribution < 1.29 is 32.2 Å². The maximum absolute atomic E-state index is 12.8.